The second-order valence-electron chi connectivity index (χ2n) is 6.34. The van der Waals surface area contributed by atoms with Gasteiger partial charge in [0, 0.05) is 36.2 Å². The SMILES string of the molecule is COC(=O)C(c1ccccc1Cl)N1CCN(S(=O)(=O)c2ccc(Cl)cc2)CC1. The van der Waals surface area contributed by atoms with Gasteiger partial charge in [-0.2, -0.15) is 4.31 Å². The second-order valence-corrected chi connectivity index (χ2v) is 9.12. The van der Waals surface area contributed by atoms with Crippen LogP contribution in [0.4, 0.5) is 0 Å². The minimum Gasteiger partial charge on any atom is -0.468 e. The number of carbonyl (C=O) groups excluding carboxylic acids is 1. The number of sulfonamides is 1. The van der Waals surface area contributed by atoms with E-state index in [1.54, 1.807) is 36.4 Å². The number of esters is 1. The van der Waals surface area contributed by atoms with Gasteiger partial charge in [-0.3, -0.25) is 4.90 Å². The molecule has 0 amide bonds. The Kier molecular flexibility index (Phi) is 6.62. The molecule has 0 spiro atoms. The Hall–Kier alpha value is -1.64. The summed E-state index contributed by atoms with van der Waals surface area (Å²) in [7, 11) is -2.29. The number of benzene rings is 2. The number of hydrogen-bond donors (Lipinski definition) is 0. The molecule has 0 aromatic heterocycles. The van der Waals surface area contributed by atoms with Gasteiger partial charge in [-0.1, -0.05) is 41.4 Å². The number of piperazine rings is 1. The highest BCUT2D eigenvalue weighted by atomic mass is 35.5. The number of rotatable bonds is 5. The van der Waals surface area contributed by atoms with Crippen LogP contribution in [0.3, 0.4) is 0 Å². The van der Waals surface area contributed by atoms with E-state index >= 15 is 0 Å². The minimum absolute atomic E-state index is 0.195. The Bertz CT molecular complexity index is 943. The Morgan fingerprint density at radius 1 is 1.00 bits per heavy atom. The molecule has 0 bridgehead atoms. The zero-order valence-corrected chi connectivity index (χ0v) is 17.5. The van der Waals surface area contributed by atoms with Crippen LogP contribution in [0.25, 0.3) is 0 Å². The predicted molar refractivity (Wildman–Crippen MR) is 108 cm³/mol. The van der Waals surface area contributed by atoms with Gasteiger partial charge >= 0.3 is 5.97 Å². The molecule has 2 aromatic rings. The topological polar surface area (TPSA) is 66.9 Å². The Morgan fingerprint density at radius 3 is 2.18 bits per heavy atom. The fourth-order valence-electron chi connectivity index (χ4n) is 3.24. The summed E-state index contributed by atoms with van der Waals surface area (Å²) in [6.45, 7) is 1.25. The maximum absolute atomic E-state index is 12.8. The first-order valence-electron chi connectivity index (χ1n) is 8.66. The third kappa shape index (κ3) is 4.34. The molecule has 0 saturated carbocycles. The number of methoxy groups -OCH3 is 1. The van der Waals surface area contributed by atoms with Crippen LogP contribution in [-0.4, -0.2) is 56.9 Å². The molecule has 1 aliphatic rings. The molecule has 3 rings (SSSR count). The molecular formula is C19H20Cl2N2O4S. The van der Waals surface area contributed by atoms with Crippen molar-refractivity contribution in [3.05, 3.63) is 64.1 Å². The molecule has 28 heavy (non-hydrogen) atoms. The zero-order valence-electron chi connectivity index (χ0n) is 15.2. The average Bonchev–Trinajstić information content (AvgIpc) is 2.70. The van der Waals surface area contributed by atoms with E-state index in [1.165, 1.54) is 23.5 Å². The smallest absolute Gasteiger partial charge is 0.327 e. The molecule has 150 valence electrons. The first kappa shape index (κ1) is 21.1. The van der Waals surface area contributed by atoms with Gasteiger partial charge in [-0.15, -0.1) is 0 Å². The number of carbonyl (C=O) groups is 1. The van der Waals surface area contributed by atoms with Crippen molar-refractivity contribution in [1.82, 2.24) is 9.21 Å². The van der Waals surface area contributed by atoms with Crippen molar-refractivity contribution in [3.63, 3.8) is 0 Å². The summed E-state index contributed by atoms with van der Waals surface area (Å²) >= 11 is 12.1. The van der Waals surface area contributed by atoms with Crippen molar-refractivity contribution < 1.29 is 17.9 Å². The van der Waals surface area contributed by atoms with E-state index in [9.17, 15) is 13.2 Å². The molecule has 1 atom stereocenters. The summed E-state index contributed by atoms with van der Waals surface area (Å²) in [4.78, 5) is 14.5. The number of nitrogens with zero attached hydrogens (tertiary/aromatic N) is 2. The number of hydrogen-bond acceptors (Lipinski definition) is 5. The Morgan fingerprint density at radius 2 is 1.61 bits per heavy atom. The first-order valence-corrected chi connectivity index (χ1v) is 10.9. The third-order valence-corrected chi connectivity index (χ3v) is 7.22. The summed E-state index contributed by atoms with van der Waals surface area (Å²) in [6.07, 6.45) is 0. The van der Waals surface area contributed by atoms with Crippen LogP contribution in [0.2, 0.25) is 10.0 Å². The Labute approximate surface area is 174 Å². The maximum Gasteiger partial charge on any atom is 0.327 e. The van der Waals surface area contributed by atoms with E-state index in [0.29, 0.717) is 28.7 Å². The summed E-state index contributed by atoms with van der Waals surface area (Å²) in [5.74, 6) is -0.429. The monoisotopic (exact) mass is 442 g/mol. The van der Waals surface area contributed by atoms with Gasteiger partial charge < -0.3 is 4.74 Å². The van der Waals surface area contributed by atoms with Crippen molar-refractivity contribution in [2.24, 2.45) is 0 Å². The number of ether oxygens (including phenoxy) is 1. The molecule has 6 nitrogen and oxygen atoms in total. The molecule has 0 radical (unpaired) electrons. The van der Waals surface area contributed by atoms with Gasteiger partial charge in [0.2, 0.25) is 10.0 Å². The van der Waals surface area contributed by atoms with Crippen molar-refractivity contribution in [3.8, 4) is 0 Å². The summed E-state index contributed by atoms with van der Waals surface area (Å²) in [6, 6.07) is 12.5. The molecule has 1 fully saturated rings. The third-order valence-electron chi connectivity index (χ3n) is 4.71. The summed E-state index contributed by atoms with van der Waals surface area (Å²) in [5.41, 5.74) is 0.644. The molecule has 1 saturated heterocycles. The van der Waals surface area contributed by atoms with Crippen molar-refractivity contribution in [2.45, 2.75) is 10.9 Å². The molecule has 1 aliphatic heterocycles. The highest BCUT2D eigenvalue weighted by Crippen LogP contribution is 2.30. The van der Waals surface area contributed by atoms with Gasteiger partial charge in [0.05, 0.1) is 12.0 Å². The van der Waals surface area contributed by atoms with Gasteiger partial charge in [0.25, 0.3) is 0 Å². The number of halogens is 2. The quantitative estimate of drug-likeness (QED) is 0.664. The molecule has 9 heteroatoms. The van der Waals surface area contributed by atoms with Gasteiger partial charge in [0.15, 0.2) is 0 Å². The molecule has 1 unspecified atom stereocenters. The van der Waals surface area contributed by atoms with E-state index in [-0.39, 0.29) is 18.0 Å². The van der Waals surface area contributed by atoms with E-state index in [1.807, 2.05) is 4.90 Å². The van der Waals surface area contributed by atoms with Crippen LogP contribution in [0.1, 0.15) is 11.6 Å². The van der Waals surface area contributed by atoms with Crippen molar-refractivity contribution >= 4 is 39.2 Å². The fourth-order valence-corrected chi connectivity index (χ4v) is 5.03. The highest BCUT2D eigenvalue weighted by molar-refractivity contribution is 7.89. The van der Waals surface area contributed by atoms with Gasteiger partial charge in [0.1, 0.15) is 6.04 Å². The minimum atomic E-state index is -3.62. The molecule has 0 N–H and O–H groups in total. The van der Waals surface area contributed by atoms with E-state index < -0.39 is 22.0 Å². The van der Waals surface area contributed by atoms with Crippen LogP contribution in [-0.2, 0) is 19.6 Å². The van der Waals surface area contributed by atoms with Gasteiger partial charge in [-0.05, 0) is 35.9 Å². The Balaban J connectivity index is 1.78. The lowest BCUT2D eigenvalue weighted by molar-refractivity contribution is -0.147. The van der Waals surface area contributed by atoms with Crippen LogP contribution in [0, 0.1) is 0 Å². The first-order chi connectivity index (χ1) is 13.3. The van der Waals surface area contributed by atoms with Crippen LogP contribution >= 0.6 is 23.2 Å². The standard InChI is InChI=1S/C19H20Cl2N2O4S/c1-27-19(24)18(16-4-2-3-5-17(16)21)22-10-12-23(13-11-22)28(25,26)15-8-6-14(20)7-9-15/h2-9,18H,10-13H2,1H3. The largest absolute Gasteiger partial charge is 0.468 e. The van der Waals surface area contributed by atoms with Crippen LogP contribution < -0.4 is 0 Å². The summed E-state index contributed by atoms with van der Waals surface area (Å²) < 4.78 is 32.1. The second kappa shape index (κ2) is 8.80. The summed E-state index contributed by atoms with van der Waals surface area (Å²) in [5, 5.41) is 0.943. The molecule has 1 heterocycles. The normalized spacial score (nSPS) is 17.2. The lowest BCUT2D eigenvalue weighted by Crippen LogP contribution is -2.51. The van der Waals surface area contributed by atoms with Crippen LogP contribution in [0.15, 0.2) is 53.4 Å². The lowest BCUT2D eigenvalue weighted by atomic mass is 10.0. The van der Waals surface area contributed by atoms with Crippen molar-refractivity contribution in [1.29, 1.82) is 0 Å². The average molecular weight is 443 g/mol. The molecule has 0 aliphatic carbocycles. The predicted octanol–water partition coefficient (Wildman–Crippen LogP) is 3.21. The molecular weight excluding hydrogens is 423 g/mol. The van der Waals surface area contributed by atoms with E-state index in [2.05, 4.69) is 0 Å². The highest BCUT2D eigenvalue weighted by Gasteiger charge is 2.35. The van der Waals surface area contributed by atoms with Crippen molar-refractivity contribution in [2.75, 3.05) is 33.3 Å². The van der Waals surface area contributed by atoms with Gasteiger partial charge in [-0.25, -0.2) is 13.2 Å². The zero-order chi connectivity index (χ0) is 20.3. The van der Waals surface area contributed by atoms with E-state index in [0.717, 1.165) is 0 Å². The maximum atomic E-state index is 12.8. The fraction of sp³-hybridized carbons (Fsp3) is 0.316. The van der Waals surface area contributed by atoms with E-state index in [4.69, 9.17) is 27.9 Å². The lowest BCUT2D eigenvalue weighted by Gasteiger charge is -2.37. The van der Waals surface area contributed by atoms with Crippen LogP contribution in [0.5, 0.6) is 0 Å². The molecule has 2 aromatic carbocycles.